The molecule has 122 valence electrons. The van der Waals surface area contributed by atoms with Gasteiger partial charge >= 0.3 is 5.97 Å². The first kappa shape index (κ1) is 16.8. The molecule has 22 heavy (non-hydrogen) atoms. The molecule has 0 bridgehead atoms. The van der Waals surface area contributed by atoms with Crippen LogP contribution in [0.15, 0.2) is 28.0 Å². The highest BCUT2D eigenvalue weighted by atomic mass is 32.2. The zero-order valence-corrected chi connectivity index (χ0v) is 13.2. The van der Waals surface area contributed by atoms with Crippen LogP contribution in [0.5, 0.6) is 0 Å². The summed E-state index contributed by atoms with van der Waals surface area (Å²) in [6.07, 6.45) is 1.37. The Kier molecular flexibility index (Phi) is 4.28. The van der Waals surface area contributed by atoms with Gasteiger partial charge in [0.15, 0.2) is 9.84 Å². The highest BCUT2D eigenvalue weighted by Crippen LogP contribution is 2.28. The third kappa shape index (κ3) is 2.99. The molecule has 0 aliphatic carbocycles. The van der Waals surface area contributed by atoms with Gasteiger partial charge in [-0.15, -0.1) is 0 Å². The molecule has 10 heteroatoms. The highest BCUT2D eigenvalue weighted by Gasteiger charge is 2.39. The van der Waals surface area contributed by atoms with E-state index in [1.807, 2.05) is 0 Å². The van der Waals surface area contributed by atoms with Crippen molar-refractivity contribution in [2.24, 2.45) is 0 Å². The third-order valence-corrected chi connectivity index (χ3v) is 6.43. The standard InChI is InChI=1S/C12H14FNO6S2/c1-21(17,18)11-5-4-8(7-9(11)13)22(19,20)14-6-2-3-10(14)12(15)16/h4-5,7,10H,2-3,6H2,1H3,(H,15,16)/t10-/m1/s1. The van der Waals surface area contributed by atoms with Gasteiger partial charge in [0.1, 0.15) is 16.8 Å². The van der Waals surface area contributed by atoms with E-state index < -0.39 is 47.5 Å². The molecule has 7 nitrogen and oxygen atoms in total. The summed E-state index contributed by atoms with van der Waals surface area (Å²) in [5, 5.41) is 9.04. The van der Waals surface area contributed by atoms with E-state index in [0.29, 0.717) is 12.5 Å². The number of aliphatic carboxylic acids is 1. The van der Waals surface area contributed by atoms with Crippen LogP contribution < -0.4 is 0 Å². The van der Waals surface area contributed by atoms with Crippen LogP contribution in [0.4, 0.5) is 4.39 Å². The van der Waals surface area contributed by atoms with Gasteiger partial charge in [-0.05, 0) is 31.0 Å². The van der Waals surface area contributed by atoms with Crippen LogP contribution in [0.1, 0.15) is 12.8 Å². The molecular formula is C12H14FNO6S2. The van der Waals surface area contributed by atoms with Crippen molar-refractivity contribution in [2.75, 3.05) is 12.8 Å². The second-order valence-electron chi connectivity index (χ2n) is 4.98. The molecule has 1 saturated heterocycles. The van der Waals surface area contributed by atoms with Gasteiger partial charge in [-0.3, -0.25) is 4.79 Å². The quantitative estimate of drug-likeness (QED) is 0.844. The van der Waals surface area contributed by atoms with Gasteiger partial charge in [-0.25, -0.2) is 21.2 Å². The average Bonchev–Trinajstić information content (AvgIpc) is 2.86. The van der Waals surface area contributed by atoms with E-state index in [4.69, 9.17) is 5.11 Å². The first-order valence-corrected chi connectivity index (χ1v) is 9.62. The molecule has 1 heterocycles. The van der Waals surface area contributed by atoms with Gasteiger partial charge in [0.2, 0.25) is 10.0 Å². The number of halogens is 1. The molecule has 1 aliphatic heterocycles. The molecule has 0 saturated carbocycles. The van der Waals surface area contributed by atoms with E-state index in [1.54, 1.807) is 0 Å². The molecule has 1 aromatic carbocycles. The Hall–Kier alpha value is -1.52. The normalized spacial score (nSPS) is 20.2. The predicted molar refractivity (Wildman–Crippen MR) is 74.1 cm³/mol. The van der Waals surface area contributed by atoms with E-state index in [0.717, 1.165) is 22.7 Å². The van der Waals surface area contributed by atoms with Crippen LogP contribution in [-0.4, -0.2) is 51.1 Å². The molecular weight excluding hydrogens is 337 g/mol. The second kappa shape index (κ2) is 5.60. The Balaban J connectivity index is 2.47. The molecule has 0 amide bonds. The first-order chi connectivity index (χ1) is 10.0. The summed E-state index contributed by atoms with van der Waals surface area (Å²) in [5.41, 5.74) is 0. The summed E-state index contributed by atoms with van der Waals surface area (Å²) in [7, 11) is -8.02. The lowest BCUT2D eigenvalue weighted by molar-refractivity contribution is -0.140. The molecule has 0 unspecified atom stereocenters. The van der Waals surface area contributed by atoms with Gasteiger partial charge in [0, 0.05) is 12.8 Å². The highest BCUT2D eigenvalue weighted by molar-refractivity contribution is 7.90. The second-order valence-corrected chi connectivity index (χ2v) is 8.85. The zero-order valence-electron chi connectivity index (χ0n) is 11.6. The summed E-state index contributed by atoms with van der Waals surface area (Å²) in [6.45, 7) is 0.0226. The Morgan fingerprint density at radius 2 is 1.95 bits per heavy atom. The van der Waals surface area contributed by atoms with Gasteiger partial charge in [-0.1, -0.05) is 0 Å². The maximum absolute atomic E-state index is 13.8. The van der Waals surface area contributed by atoms with Crippen molar-refractivity contribution in [1.29, 1.82) is 0 Å². The number of carboxylic acid groups (broad SMARTS) is 1. The smallest absolute Gasteiger partial charge is 0.322 e. The Morgan fingerprint density at radius 1 is 1.32 bits per heavy atom. The molecule has 1 fully saturated rings. The minimum Gasteiger partial charge on any atom is -0.480 e. The number of nitrogens with zero attached hydrogens (tertiary/aromatic N) is 1. The fourth-order valence-corrected chi connectivity index (χ4v) is 4.74. The number of carbonyl (C=O) groups is 1. The number of benzene rings is 1. The first-order valence-electron chi connectivity index (χ1n) is 6.29. The van der Waals surface area contributed by atoms with Crippen LogP contribution in [-0.2, 0) is 24.7 Å². The average molecular weight is 351 g/mol. The SMILES string of the molecule is CS(=O)(=O)c1ccc(S(=O)(=O)N2CCC[C@@H]2C(=O)O)cc1F. The van der Waals surface area contributed by atoms with E-state index in [2.05, 4.69) is 0 Å². The van der Waals surface area contributed by atoms with Crippen LogP contribution in [0.3, 0.4) is 0 Å². The van der Waals surface area contributed by atoms with Crippen LogP contribution >= 0.6 is 0 Å². The molecule has 1 aromatic rings. The maximum atomic E-state index is 13.8. The van der Waals surface area contributed by atoms with Gasteiger partial charge in [0.25, 0.3) is 0 Å². The number of carboxylic acids is 1. The summed E-state index contributed by atoms with van der Waals surface area (Å²) in [6, 6.07) is 1.24. The monoisotopic (exact) mass is 351 g/mol. The van der Waals surface area contributed by atoms with Crippen LogP contribution in [0.25, 0.3) is 0 Å². The molecule has 0 spiro atoms. The number of hydrogen-bond acceptors (Lipinski definition) is 5. The van der Waals surface area contributed by atoms with E-state index >= 15 is 0 Å². The van der Waals surface area contributed by atoms with E-state index in [9.17, 15) is 26.0 Å². The molecule has 0 aromatic heterocycles. The van der Waals surface area contributed by atoms with Crippen molar-refractivity contribution in [3.05, 3.63) is 24.0 Å². The van der Waals surface area contributed by atoms with Crippen LogP contribution in [0, 0.1) is 5.82 Å². The topological polar surface area (TPSA) is 109 Å². The minimum absolute atomic E-state index is 0.0226. The van der Waals surface area contributed by atoms with Gasteiger partial charge in [0.05, 0.1) is 4.90 Å². The zero-order chi connectivity index (χ0) is 16.7. The fourth-order valence-electron chi connectivity index (χ4n) is 2.35. The molecule has 1 N–H and O–H groups in total. The van der Waals surface area contributed by atoms with Crippen molar-refractivity contribution in [1.82, 2.24) is 4.31 Å². The lowest BCUT2D eigenvalue weighted by Gasteiger charge is -2.21. The number of hydrogen-bond donors (Lipinski definition) is 1. The number of rotatable bonds is 4. The van der Waals surface area contributed by atoms with Crippen molar-refractivity contribution in [2.45, 2.75) is 28.7 Å². The number of sulfonamides is 1. The predicted octanol–water partition coefficient (Wildman–Crippen LogP) is 0.467. The summed E-state index contributed by atoms with van der Waals surface area (Å²) in [5.74, 6) is -2.45. The molecule has 2 rings (SSSR count). The fraction of sp³-hybridized carbons (Fsp3) is 0.417. The van der Waals surface area contributed by atoms with Crippen molar-refractivity contribution >= 4 is 25.8 Å². The Morgan fingerprint density at radius 3 is 2.45 bits per heavy atom. The van der Waals surface area contributed by atoms with E-state index in [-0.39, 0.29) is 13.0 Å². The number of sulfone groups is 1. The van der Waals surface area contributed by atoms with E-state index in [1.165, 1.54) is 0 Å². The minimum atomic E-state index is -4.20. The maximum Gasteiger partial charge on any atom is 0.322 e. The van der Waals surface area contributed by atoms with Crippen molar-refractivity contribution < 1.29 is 31.1 Å². The largest absolute Gasteiger partial charge is 0.480 e. The third-order valence-electron chi connectivity index (χ3n) is 3.40. The summed E-state index contributed by atoms with van der Waals surface area (Å²) >= 11 is 0. The lowest BCUT2D eigenvalue weighted by atomic mass is 10.2. The van der Waals surface area contributed by atoms with Crippen molar-refractivity contribution in [3.63, 3.8) is 0 Å². The van der Waals surface area contributed by atoms with Crippen LogP contribution in [0.2, 0.25) is 0 Å². The van der Waals surface area contributed by atoms with Gasteiger partial charge < -0.3 is 5.11 Å². The molecule has 1 aliphatic rings. The molecule has 0 radical (unpaired) electrons. The lowest BCUT2D eigenvalue weighted by Crippen LogP contribution is -2.40. The molecule has 1 atom stereocenters. The van der Waals surface area contributed by atoms with Crippen molar-refractivity contribution in [3.8, 4) is 0 Å². The van der Waals surface area contributed by atoms with Gasteiger partial charge in [-0.2, -0.15) is 4.31 Å². The summed E-state index contributed by atoms with van der Waals surface area (Å²) in [4.78, 5) is 10.0. The Labute approximate surface area is 127 Å². The summed E-state index contributed by atoms with van der Waals surface area (Å²) < 4.78 is 62.1. The Bertz CT molecular complexity index is 818.